The van der Waals surface area contributed by atoms with Crippen LogP contribution >= 0.6 is 22.6 Å². The van der Waals surface area contributed by atoms with Gasteiger partial charge < -0.3 is 29.0 Å². The molecule has 51 heavy (non-hydrogen) atoms. The molecule has 4 amide bonds. The van der Waals surface area contributed by atoms with E-state index < -0.39 is 53.2 Å². The quantitative estimate of drug-likeness (QED) is 0.103. The average Bonchev–Trinajstić information content (AvgIpc) is 3.02. The number of rotatable bonds is 11. The zero-order chi connectivity index (χ0) is 38.0. The average molecular weight is 899 g/mol. The summed E-state index contributed by atoms with van der Waals surface area (Å²) in [4.78, 5) is 54.0. The van der Waals surface area contributed by atoms with Crippen molar-refractivity contribution in [1.29, 1.82) is 0 Å². The molecule has 0 radical (unpaired) electrons. The Bertz CT molecular complexity index is 2070. The van der Waals surface area contributed by atoms with Crippen LogP contribution in [0.2, 0.25) is 0 Å². The number of methoxy groups -OCH3 is 4. The SMILES string of the molecule is COC(=O)c1ccc(I)cc1S(=O)(=O)[N-]C(=O)Nc1nc(C)nc(OC)n1.COc1cc(OC)nc(NC(=O)NS(=O)(=O)N(C)S(C)(=O)=O)n1.[Na+]. The molecule has 1 aromatic carbocycles. The topological polar surface area (TPSA) is 308 Å². The number of halogens is 1. The number of ether oxygens (including phenoxy) is 4. The molecule has 0 aliphatic rings. The molecule has 28 heteroatoms. The van der Waals surface area contributed by atoms with E-state index in [1.165, 1.54) is 57.2 Å². The van der Waals surface area contributed by atoms with Crippen molar-refractivity contribution in [2.45, 2.75) is 11.8 Å². The van der Waals surface area contributed by atoms with Gasteiger partial charge in [-0.1, -0.05) is 3.71 Å². The minimum atomic E-state index is -4.60. The molecule has 3 aromatic rings. The molecule has 23 nitrogen and oxygen atoms in total. The van der Waals surface area contributed by atoms with E-state index in [1.54, 1.807) is 0 Å². The summed E-state index contributed by atoms with van der Waals surface area (Å²) in [5.41, 5.74) is -0.243. The summed E-state index contributed by atoms with van der Waals surface area (Å²) in [5.74, 6) is -1.06. The molecule has 2 heterocycles. The number of carbonyl (C=O) groups is 3. The van der Waals surface area contributed by atoms with E-state index in [0.717, 1.165) is 14.2 Å². The fraction of sp³-hybridized carbons (Fsp3) is 0.304. The Kier molecular flexibility index (Phi) is 17.0. The van der Waals surface area contributed by atoms with Gasteiger partial charge in [-0.05, 0) is 47.7 Å². The molecule has 2 aromatic heterocycles. The molecule has 274 valence electrons. The number of nitrogens with one attached hydrogen (secondary N) is 3. The number of hydrogen-bond acceptors (Lipinski definition) is 18. The van der Waals surface area contributed by atoms with Crippen molar-refractivity contribution in [3.8, 4) is 17.8 Å². The van der Waals surface area contributed by atoms with E-state index in [0.29, 0.717) is 9.83 Å². The van der Waals surface area contributed by atoms with Gasteiger partial charge in [0, 0.05) is 10.6 Å². The second-order valence-corrected chi connectivity index (χ2v) is 15.6. The molecular formula is C23H28IN10NaO13S3. The molecule has 0 bridgehead atoms. The first-order valence-corrected chi connectivity index (χ1v) is 18.6. The number of urea groups is 2. The third-order valence-corrected chi connectivity index (χ3v) is 10.7. The summed E-state index contributed by atoms with van der Waals surface area (Å²) in [6.45, 7) is 1.53. The van der Waals surface area contributed by atoms with E-state index in [-0.39, 0.29) is 74.3 Å². The first-order valence-electron chi connectivity index (χ1n) is 12.8. The molecule has 0 aliphatic heterocycles. The van der Waals surface area contributed by atoms with Gasteiger partial charge in [0.1, 0.15) is 5.82 Å². The first-order chi connectivity index (χ1) is 23.1. The van der Waals surface area contributed by atoms with Crippen LogP contribution in [-0.2, 0) is 35.0 Å². The van der Waals surface area contributed by atoms with Crippen molar-refractivity contribution < 1.29 is 88.1 Å². The van der Waals surface area contributed by atoms with E-state index in [2.05, 4.69) is 39.7 Å². The summed E-state index contributed by atoms with van der Waals surface area (Å²) >= 11 is 1.86. The summed E-state index contributed by atoms with van der Waals surface area (Å²) in [6, 6.07) is 2.74. The second kappa shape index (κ2) is 19.2. The smallest absolute Gasteiger partial charge is 0.481 e. The van der Waals surface area contributed by atoms with E-state index in [1.807, 2.05) is 27.9 Å². The Labute approximate surface area is 327 Å². The van der Waals surface area contributed by atoms with Crippen LogP contribution in [0.15, 0.2) is 29.2 Å². The fourth-order valence-electron chi connectivity index (χ4n) is 3.03. The Morgan fingerprint density at radius 2 is 1.39 bits per heavy atom. The summed E-state index contributed by atoms with van der Waals surface area (Å²) in [5, 5.41) is 4.14. The van der Waals surface area contributed by atoms with Crippen molar-refractivity contribution in [3.05, 3.63) is 43.9 Å². The Morgan fingerprint density at radius 3 is 1.90 bits per heavy atom. The maximum absolute atomic E-state index is 12.5. The Morgan fingerprint density at radius 1 is 0.824 bits per heavy atom. The number of aromatic nitrogens is 5. The van der Waals surface area contributed by atoms with E-state index in [9.17, 15) is 39.6 Å². The number of benzene rings is 1. The predicted molar refractivity (Wildman–Crippen MR) is 180 cm³/mol. The number of amides is 4. The van der Waals surface area contributed by atoms with Gasteiger partial charge in [0.2, 0.25) is 37.8 Å². The van der Waals surface area contributed by atoms with Crippen LogP contribution in [0.5, 0.6) is 17.8 Å². The molecule has 0 spiro atoms. The van der Waals surface area contributed by atoms with Crippen LogP contribution in [0, 0.1) is 10.5 Å². The van der Waals surface area contributed by atoms with Crippen LogP contribution < -0.4 is 59.1 Å². The van der Waals surface area contributed by atoms with Crippen LogP contribution in [0.4, 0.5) is 21.5 Å². The fourth-order valence-corrected chi connectivity index (χ4v) is 6.75. The standard InChI is InChI=1S/C14H14IN5O6S.C9H15N5O7S2.Na/c1-7-16-12(19-14(17-7)26-3)18-13(22)20-27(23,24)10-6-8(15)4-5-9(10)11(21)25-2;1-14(22(4,16)17)23(18,19)13-9(15)12-8-10-6(20-2)5-7(11-8)21-3;/h4-6H,1-3H3,(H2,16,17,18,19,20,22);5H,1-4H3,(H2,10,11,12,13,15);/q;;+1/p-1. The van der Waals surface area contributed by atoms with E-state index in [4.69, 9.17) is 14.2 Å². The molecular weight excluding hydrogens is 870 g/mol. The number of carbonyl (C=O) groups excluding carboxylic acids is 3. The minimum Gasteiger partial charge on any atom is -0.481 e. The number of aryl methyl sites for hydroxylation is 1. The maximum atomic E-state index is 12.5. The molecule has 0 saturated carbocycles. The zero-order valence-electron chi connectivity index (χ0n) is 27.8. The number of hydrogen-bond donors (Lipinski definition) is 3. The molecule has 0 aliphatic carbocycles. The van der Waals surface area contributed by atoms with Crippen LogP contribution in [-0.4, -0.2) is 114 Å². The Hall–Kier alpha value is -3.74. The molecule has 0 atom stereocenters. The largest absolute Gasteiger partial charge is 1.00 e. The van der Waals surface area contributed by atoms with Gasteiger partial charge in [-0.15, -0.1) is 0 Å². The van der Waals surface area contributed by atoms with Crippen LogP contribution in [0.3, 0.4) is 0 Å². The maximum Gasteiger partial charge on any atom is 1.00 e. The van der Waals surface area contributed by atoms with Gasteiger partial charge in [0.05, 0.1) is 51.2 Å². The molecule has 0 fully saturated rings. The van der Waals surface area contributed by atoms with Crippen molar-refractivity contribution in [2.24, 2.45) is 0 Å². The third-order valence-electron chi connectivity index (χ3n) is 5.31. The van der Waals surface area contributed by atoms with Gasteiger partial charge in [0.25, 0.3) is 0 Å². The Balaban J connectivity index is 0.000000507. The molecule has 0 saturated heterocycles. The second-order valence-electron chi connectivity index (χ2n) is 8.80. The summed E-state index contributed by atoms with van der Waals surface area (Å²) in [6.07, 6.45) is 0.667. The monoisotopic (exact) mass is 898 g/mol. The van der Waals surface area contributed by atoms with Crippen molar-refractivity contribution in [2.75, 3.05) is 52.4 Å². The van der Waals surface area contributed by atoms with Crippen LogP contribution in [0.25, 0.3) is 4.72 Å². The van der Waals surface area contributed by atoms with Crippen LogP contribution in [0.1, 0.15) is 16.2 Å². The van der Waals surface area contributed by atoms with Gasteiger partial charge in [0.15, 0.2) is 12.0 Å². The summed E-state index contributed by atoms with van der Waals surface area (Å²) in [7, 11) is -7.35. The minimum absolute atomic E-state index is 0. The molecule has 3 rings (SSSR count). The summed E-state index contributed by atoms with van der Waals surface area (Å²) < 4.78 is 95.1. The number of sulfonamides is 2. The van der Waals surface area contributed by atoms with E-state index >= 15 is 0 Å². The van der Waals surface area contributed by atoms with Crippen molar-refractivity contribution >= 4 is 82.8 Å². The van der Waals surface area contributed by atoms with Crippen molar-refractivity contribution in [1.82, 2.24) is 33.4 Å². The predicted octanol–water partition coefficient (Wildman–Crippen LogP) is -2.37. The van der Waals surface area contributed by atoms with Gasteiger partial charge in [-0.2, -0.15) is 28.4 Å². The van der Waals surface area contributed by atoms with Gasteiger partial charge in [-0.25, -0.2) is 36.1 Å². The number of nitrogens with zero attached hydrogens (tertiary/aromatic N) is 7. The van der Waals surface area contributed by atoms with Gasteiger partial charge in [-0.3, -0.25) is 10.1 Å². The van der Waals surface area contributed by atoms with Crippen molar-refractivity contribution in [3.63, 3.8) is 0 Å². The van der Waals surface area contributed by atoms with Gasteiger partial charge >= 0.3 is 57.8 Å². The number of esters is 1. The molecule has 3 N–H and O–H groups in total. The molecule has 0 unspecified atom stereocenters. The first kappa shape index (κ1) is 45.3. The zero-order valence-corrected chi connectivity index (χ0v) is 34.5. The number of anilines is 2. The third kappa shape index (κ3) is 13.7. The normalized spacial score (nSPS) is 11.1.